The van der Waals surface area contributed by atoms with Crippen molar-refractivity contribution in [3.63, 3.8) is 0 Å². The minimum absolute atomic E-state index is 0.223. The number of hydrogen-bond donors (Lipinski definition) is 1. The van der Waals surface area contributed by atoms with Gasteiger partial charge >= 0.3 is 0 Å². The molecule has 0 amide bonds. The maximum atomic E-state index is 13.5. The summed E-state index contributed by atoms with van der Waals surface area (Å²) in [5.41, 5.74) is 1.50. The van der Waals surface area contributed by atoms with Crippen molar-refractivity contribution in [3.05, 3.63) is 56.4 Å². The normalized spacial score (nSPS) is 10.4. The highest BCUT2D eigenvalue weighted by atomic mass is 79.9. The highest BCUT2D eigenvalue weighted by Crippen LogP contribution is 2.19. The number of nitrogens with zero attached hydrogens (tertiary/aromatic N) is 1. The van der Waals surface area contributed by atoms with E-state index in [1.165, 1.54) is 6.07 Å². The monoisotopic (exact) mass is 372 g/mol. The molecule has 0 aliphatic carbocycles. The number of pyridine rings is 1. The Morgan fingerprint density at radius 2 is 2.00 bits per heavy atom. The number of halogens is 3. The van der Waals surface area contributed by atoms with Crippen molar-refractivity contribution in [2.24, 2.45) is 0 Å². The summed E-state index contributed by atoms with van der Waals surface area (Å²) in [6, 6.07) is 8.66. The van der Waals surface area contributed by atoms with E-state index >= 15 is 0 Å². The van der Waals surface area contributed by atoms with E-state index in [1.54, 1.807) is 12.1 Å². The van der Waals surface area contributed by atoms with Gasteiger partial charge in [0.05, 0.1) is 5.69 Å². The SMILES string of the molecule is Cc1nc(NCc2cc(Br)ccc2F)ccc1Br. The van der Waals surface area contributed by atoms with E-state index in [1.807, 2.05) is 19.1 Å². The van der Waals surface area contributed by atoms with E-state index < -0.39 is 0 Å². The predicted molar refractivity (Wildman–Crippen MR) is 78.1 cm³/mol. The van der Waals surface area contributed by atoms with Crippen molar-refractivity contribution >= 4 is 37.7 Å². The number of hydrogen-bond acceptors (Lipinski definition) is 2. The lowest BCUT2D eigenvalue weighted by molar-refractivity contribution is 0.612. The van der Waals surface area contributed by atoms with Gasteiger partial charge in [-0.2, -0.15) is 0 Å². The van der Waals surface area contributed by atoms with Crippen LogP contribution in [0.4, 0.5) is 10.2 Å². The fourth-order valence-corrected chi connectivity index (χ4v) is 2.14. The van der Waals surface area contributed by atoms with Gasteiger partial charge in [-0.3, -0.25) is 0 Å². The Morgan fingerprint density at radius 1 is 1.22 bits per heavy atom. The zero-order valence-corrected chi connectivity index (χ0v) is 12.8. The zero-order chi connectivity index (χ0) is 13.1. The Kier molecular flexibility index (Phi) is 4.35. The van der Waals surface area contributed by atoms with Crippen LogP contribution in [0.5, 0.6) is 0 Å². The van der Waals surface area contributed by atoms with Crippen LogP contribution >= 0.6 is 31.9 Å². The molecular weight excluding hydrogens is 363 g/mol. The van der Waals surface area contributed by atoms with E-state index in [2.05, 4.69) is 42.2 Å². The minimum Gasteiger partial charge on any atom is -0.366 e. The van der Waals surface area contributed by atoms with Gasteiger partial charge in [-0.05, 0) is 53.2 Å². The number of benzene rings is 1. The molecule has 0 saturated carbocycles. The van der Waals surface area contributed by atoms with Crippen molar-refractivity contribution in [2.75, 3.05) is 5.32 Å². The molecule has 0 bridgehead atoms. The first-order chi connectivity index (χ1) is 8.56. The lowest BCUT2D eigenvalue weighted by Crippen LogP contribution is -2.04. The predicted octanol–water partition coefficient (Wildman–Crippen LogP) is 4.67. The second kappa shape index (κ2) is 5.80. The fraction of sp³-hybridized carbons (Fsp3) is 0.154. The standard InChI is InChI=1S/C13H11Br2FN2/c1-8-11(15)3-5-13(18-8)17-7-9-6-10(14)2-4-12(9)16/h2-6H,7H2,1H3,(H,17,18). The van der Waals surface area contributed by atoms with E-state index in [0.29, 0.717) is 12.1 Å². The second-order valence-electron chi connectivity index (χ2n) is 3.85. The first-order valence-corrected chi connectivity index (χ1v) is 6.96. The topological polar surface area (TPSA) is 24.9 Å². The molecule has 0 aliphatic heterocycles. The Balaban J connectivity index is 2.11. The molecule has 0 aliphatic rings. The van der Waals surface area contributed by atoms with Gasteiger partial charge in [0, 0.05) is 21.1 Å². The van der Waals surface area contributed by atoms with E-state index in [9.17, 15) is 4.39 Å². The molecule has 2 aromatic rings. The molecule has 0 unspecified atom stereocenters. The third-order valence-electron chi connectivity index (χ3n) is 2.49. The van der Waals surface area contributed by atoms with Crippen molar-refractivity contribution in [1.82, 2.24) is 4.98 Å². The summed E-state index contributed by atoms with van der Waals surface area (Å²) in [7, 11) is 0. The van der Waals surface area contributed by atoms with Crippen LogP contribution in [0, 0.1) is 12.7 Å². The van der Waals surface area contributed by atoms with Gasteiger partial charge in [0.2, 0.25) is 0 Å². The first-order valence-electron chi connectivity index (χ1n) is 5.37. The molecule has 0 saturated heterocycles. The lowest BCUT2D eigenvalue weighted by Gasteiger charge is -2.08. The van der Waals surface area contributed by atoms with Crippen molar-refractivity contribution in [1.29, 1.82) is 0 Å². The zero-order valence-electron chi connectivity index (χ0n) is 9.67. The Labute approximate surface area is 122 Å². The van der Waals surface area contributed by atoms with E-state index in [0.717, 1.165) is 20.5 Å². The summed E-state index contributed by atoms with van der Waals surface area (Å²) < 4.78 is 15.3. The highest BCUT2D eigenvalue weighted by Gasteiger charge is 2.04. The summed E-state index contributed by atoms with van der Waals surface area (Å²) in [6.07, 6.45) is 0. The second-order valence-corrected chi connectivity index (χ2v) is 5.62. The van der Waals surface area contributed by atoms with Crippen LogP contribution in [-0.4, -0.2) is 4.98 Å². The maximum Gasteiger partial charge on any atom is 0.128 e. The number of anilines is 1. The summed E-state index contributed by atoms with van der Waals surface area (Å²) in [4.78, 5) is 4.35. The Bertz CT molecular complexity index is 573. The average Bonchev–Trinajstić information content (AvgIpc) is 2.34. The molecule has 0 atom stereocenters. The Hall–Kier alpha value is -0.940. The van der Waals surface area contributed by atoms with E-state index in [4.69, 9.17) is 0 Å². The van der Waals surface area contributed by atoms with Crippen molar-refractivity contribution < 1.29 is 4.39 Å². The molecule has 1 heterocycles. The third kappa shape index (κ3) is 3.29. The molecule has 1 N–H and O–H groups in total. The van der Waals surface area contributed by atoms with Gasteiger partial charge in [-0.1, -0.05) is 15.9 Å². The summed E-state index contributed by atoms with van der Waals surface area (Å²) in [5, 5.41) is 3.10. The smallest absolute Gasteiger partial charge is 0.128 e. The van der Waals surface area contributed by atoms with Crippen LogP contribution in [0.3, 0.4) is 0 Å². The third-order valence-corrected chi connectivity index (χ3v) is 3.82. The molecule has 94 valence electrons. The van der Waals surface area contributed by atoms with Crippen LogP contribution in [0.1, 0.15) is 11.3 Å². The molecule has 0 radical (unpaired) electrons. The van der Waals surface area contributed by atoms with Gasteiger partial charge in [0.1, 0.15) is 11.6 Å². The van der Waals surface area contributed by atoms with Crippen molar-refractivity contribution in [3.8, 4) is 0 Å². The summed E-state index contributed by atoms with van der Waals surface area (Å²) >= 11 is 6.72. The molecule has 5 heteroatoms. The van der Waals surface area contributed by atoms with Crippen LogP contribution in [-0.2, 0) is 6.54 Å². The Morgan fingerprint density at radius 3 is 2.72 bits per heavy atom. The molecule has 1 aromatic carbocycles. The molecule has 18 heavy (non-hydrogen) atoms. The summed E-state index contributed by atoms with van der Waals surface area (Å²) in [6.45, 7) is 2.31. The number of nitrogens with one attached hydrogen (secondary N) is 1. The van der Waals surface area contributed by atoms with Crippen molar-refractivity contribution in [2.45, 2.75) is 13.5 Å². The molecule has 1 aromatic heterocycles. The van der Waals surface area contributed by atoms with E-state index in [-0.39, 0.29) is 5.82 Å². The largest absolute Gasteiger partial charge is 0.366 e. The number of aromatic nitrogens is 1. The van der Waals surface area contributed by atoms with Gasteiger partial charge < -0.3 is 5.32 Å². The van der Waals surface area contributed by atoms with Gasteiger partial charge in [0.25, 0.3) is 0 Å². The van der Waals surface area contributed by atoms with Gasteiger partial charge in [-0.15, -0.1) is 0 Å². The van der Waals surface area contributed by atoms with Crippen LogP contribution in [0.25, 0.3) is 0 Å². The quantitative estimate of drug-likeness (QED) is 0.845. The van der Waals surface area contributed by atoms with Gasteiger partial charge in [0.15, 0.2) is 0 Å². The van der Waals surface area contributed by atoms with Gasteiger partial charge in [-0.25, -0.2) is 9.37 Å². The average molecular weight is 374 g/mol. The maximum absolute atomic E-state index is 13.5. The molecule has 0 spiro atoms. The number of rotatable bonds is 3. The highest BCUT2D eigenvalue weighted by molar-refractivity contribution is 9.10. The number of aryl methyl sites for hydroxylation is 1. The molecular formula is C13H11Br2FN2. The molecule has 0 fully saturated rings. The van der Waals surface area contributed by atoms with Crippen LogP contribution in [0.2, 0.25) is 0 Å². The first kappa shape index (κ1) is 13.5. The fourth-order valence-electron chi connectivity index (χ4n) is 1.51. The minimum atomic E-state index is -0.223. The van der Waals surface area contributed by atoms with Crippen LogP contribution < -0.4 is 5.32 Å². The summed E-state index contributed by atoms with van der Waals surface area (Å²) in [5.74, 6) is 0.509. The van der Waals surface area contributed by atoms with Crippen LogP contribution in [0.15, 0.2) is 39.3 Å². The molecule has 2 rings (SSSR count). The lowest BCUT2D eigenvalue weighted by atomic mass is 10.2. The molecule has 2 nitrogen and oxygen atoms in total.